The molecule has 0 nitrogen and oxygen atoms in total. The molecule has 2 unspecified atom stereocenters. The van der Waals surface area contributed by atoms with Crippen molar-refractivity contribution in [1.29, 1.82) is 0 Å². The predicted molar refractivity (Wildman–Crippen MR) is 56.0 cm³/mol. The zero-order valence-electron chi connectivity index (χ0n) is 6.20. The van der Waals surface area contributed by atoms with Crippen molar-refractivity contribution < 1.29 is 0 Å². The fourth-order valence-corrected chi connectivity index (χ4v) is 3.91. The van der Waals surface area contributed by atoms with E-state index in [-0.39, 0.29) is 0 Å². The van der Waals surface area contributed by atoms with E-state index in [0.29, 0.717) is 5.92 Å². The van der Waals surface area contributed by atoms with Crippen LogP contribution in [0.15, 0.2) is 11.9 Å². The van der Waals surface area contributed by atoms with Gasteiger partial charge in [-0.3, -0.25) is 0 Å². The monoisotopic (exact) mass is 190 g/mol. The zero-order chi connectivity index (χ0) is 7.78. The fourth-order valence-electron chi connectivity index (χ4n) is 1.06. The number of rotatable bonds is 1. The highest BCUT2D eigenvalue weighted by molar-refractivity contribution is 8.16. The van der Waals surface area contributed by atoms with Crippen molar-refractivity contribution >= 4 is 34.9 Å². The topological polar surface area (TPSA) is 0 Å². The molecule has 56 valence electrons. The quantitative estimate of drug-likeness (QED) is 0.460. The largest absolute Gasteiger partial charge is 0.0934 e. The van der Waals surface area contributed by atoms with Crippen molar-refractivity contribution in [3.8, 4) is 0 Å². The molecular formula is C7H11PS2. The van der Waals surface area contributed by atoms with E-state index in [2.05, 4.69) is 18.6 Å². The first kappa shape index (κ1) is 8.58. The van der Waals surface area contributed by atoms with Crippen LogP contribution >= 0.6 is 18.3 Å². The molecule has 0 aliphatic carbocycles. The normalized spacial score (nSPS) is 38.4. The van der Waals surface area contributed by atoms with E-state index in [1.807, 2.05) is 6.92 Å². The minimum absolute atomic E-state index is 0.505. The van der Waals surface area contributed by atoms with Gasteiger partial charge in [0.15, 0.2) is 0 Å². The molecule has 0 radical (unpaired) electrons. The summed E-state index contributed by atoms with van der Waals surface area (Å²) < 4.78 is 0. The van der Waals surface area contributed by atoms with Gasteiger partial charge in [0.25, 0.3) is 0 Å². The molecule has 3 heteroatoms. The number of hydrogen-bond donors (Lipinski definition) is 0. The minimum atomic E-state index is -1.09. The van der Waals surface area contributed by atoms with Crippen molar-refractivity contribution in [1.82, 2.24) is 0 Å². The van der Waals surface area contributed by atoms with E-state index in [1.165, 1.54) is 0 Å². The van der Waals surface area contributed by atoms with Crippen molar-refractivity contribution in [2.24, 2.45) is 5.92 Å². The predicted octanol–water partition coefficient (Wildman–Crippen LogP) is 2.63. The van der Waals surface area contributed by atoms with Crippen molar-refractivity contribution in [3.05, 3.63) is 11.9 Å². The molecule has 0 aromatic rings. The second-order valence-corrected chi connectivity index (χ2v) is 9.07. The second kappa shape index (κ2) is 2.84. The SMILES string of the molecule is CC(=S)C1C=CP(C)(=S)C1. The lowest BCUT2D eigenvalue weighted by Crippen LogP contribution is -2.05. The molecule has 0 spiro atoms. The summed E-state index contributed by atoms with van der Waals surface area (Å²) in [5, 5.41) is 0. The molecule has 1 aliphatic rings. The van der Waals surface area contributed by atoms with Crippen LogP contribution < -0.4 is 0 Å². The highest BCUT2D eigenvalue weighted by atomic mass is 32.4. The van der Waals surface area contributed by atoms with Gasteiger partial charge in [-0.15, -0.1) is 0 Å². The summed E-state index contributed by atoms with van der Waals surface area (Å²) in [6, 6.07) is -1.09. The Bertz CT molecular complexity index is 230. The first-order chi connectivity index (χ1) is 4.51. The Morgan fingerprint density at radius 1 is 1.70 bits per heavy atom. The molecule has 1 heterocycles. The Morgan fingerprint density at radius 2 is 2.30 bits per heavy atom. The van der Waals surface area contributed by atoms with Crippen LogP contribution in [0.25, 0.3) is 0 Å². The Morgan fingerprint density at radius 3 is 2.50 bits per heavy atom. The van der Waals surface area contributed by atoms with Gasteiger partial charge in [0, 0.05) is 5.92 Å². The van der Waals surface area contributed by atoms with E-state index in [1.54, 1.807) is 0 Å². The van der Waals surface area contributed by atoms with Crippen LogP contribution in [0.2, 0.25) is 0 Å². The molecule has 0 saturated heterocycles. The second-order valence-electron chi connectivity index (χ2n) is 2.92. The van der Waals surface area contributed by atoms with Gasteiger partial charge in [-0.05, 0) is 30.7 Å². The maximum absolute atomic E-state index is 5.37. The maximum atomic E-state index is 5.37. The first-order valence-corrected chi connectivity index (χ1v) is 7.18. The highest BCUT2D eigenvalue weighted by Crippen LogP contribution is 2.50. The van der Waals surface area contributed by atoms with E-state index < -0.39 is 6.04 Å². The van der Waals surface area contributed by atoms with Crippen LogP contribution in [0, 0.1) is 5.92 Å². The Kier molecular flexibility index (Phi) is 2.44. The molecule has 10 heavy (non-hydrogen) atoms. The molecule has 0 aromatic heterocycles. The third-order valence-electron chi connectivity index (χ3n) is 1.72. The maximum Gasteiger partial charge on any atom is 0.0132 e. The summed E-state index contributed by atoms with van der Waals surface area (Å²) in [6.45, 7) is 4.18. The average molecular weight is 190 g/mol. The average Bonchev–Trinajstić information content (AvgIpc) is 2.10. The van der Waals surface area contributed by atoms with Crippen LogP contribution in [-0.4, -0.2) is 17.7 Å². The van der Waals surface area contributed by atoms with E-state index in [0.717, 1.165) is 11.0 Å². The molecule has 0 aromatic carbocycles. The van der Waals surface area contributed by atoms with Crippen LogP contribution in [0.1, 0.15) is 6.92 Å². The molecule has 0 bridgehead atoms. The lowest BCUT2D eigenvalue weighted by molar-refractivity contribution is 1.04. The summed E-state index contributed by atoms with van der Waals surface area (Å²) in [5.41, 5.74) is 0. The van der Waals surface area contributed by atoms with E-state index in [9.17, 15) is 0 Å². The van der Waals surface area contributed by atoms with E-state index in [4.69, 9.17) is 24.0 Å². The molecule has 0 saturated carbocycles. The minimum Gasteiger partial charge on any atom is -0.0934 e. The summed E-state index contributed by atoms with van der Waals surface area (Å²) >= 11 is 10.4. The summed E-state index contributed by atoms with van der Waals surface area (Å²) in [4.78, 5) is 1.09. The summed E-state index contributed by atoms with van der Waals surface area (Å²) in [7, 11) is 0. The Labute approximate surface area is 72.7 Å². The number of allylic oxidation sites excluding steroid dienone is 1. The van der Waals surface area contributed by atoms with Gasteiger partial charge in [-0.25, -0.2) is 0 Å². The van der Waals surface area contributed by atoms with E-state index >= 15 is 0 Å². The highest BCUT2D eigenvalue weighted by Gasteiger charge is 2.20. The first-order valence-electron chi connectivity index (χ1n) is 3.27. The van der Waals surface area contributed by atoms with Crippen LogP contribution in [0.3, 0.4) is 0 Å². The molecule has 1 rings (SSSR count). The molecular weight excluding hydrogens is 179 g/mol. The molecule has 0 N–H and O–H groups in total. The van der Waals surface area contributed by atoms with Crippen LogP contribution in [0.4, 0.5) is 0 Å². The van der Waals surface area contributed by atoms with Gasteiger partial charge in [0.05, 0.1) is 0 Å². The number of thiocarbonyl (C=S) groups is 1. The van der Waals surface area contributed by atoms with Crippen molar-refractivity contribution in [2.75, 3.05) is 12.8 Å². The molecule has 1 aliphatic heterocycles. The Hall–Kier alpha value is 0.480. The van der Waals surface area contributed by atoms with Crippen LogP contribution in [-0.2, 0) is 11.8 Å². The summed E-state index contributed by atoms with van der Waals surface area (Å²) in [6.07, 6.45) is 3.31. The molecule has 0 amide bonds. The lowest BCUT2D eigenvalue weighted by Gasteiger charge is -2.08. The smallest absolute Gasteiger partial charge is 0.0132 e. The third-order valence-corrected chi connectivity index (χ3v) is 4.75. The van der Waals surface area contributed by atoms with Gasteiger partial charge in [-0.1, -0.05) is 35.9 Å². The fraction of sp³-hybridized carbons (Fsp3) is 0.571. The standard InChI is InChI=1S/C7H11PS2/c1-6(9)7-3-4-8(2,10)5-7/h3-4,7H,5H2,1-2H3. The van der Waals surface area contributed by atoms with Crippen molar-refractivity contribution in [3.63, 3.8) is 0 Å². The Balaban J connectivity index is 2.71. The zero-order valence-corrected chi connectivity index (χ0v) is 8.73. The lowest BCUT2D eigenvalue weighted by atomic mass is 10.1. The van der Waals surface area contributed by atoms with Gasteiger partial charge in [0.2, 0.25) is 0 Å². The van der Waals surface area contributed by atoms with Gasteiger partial charge in [0.1, 0.15) is 0 Å². The van der Waals surface area contributed by atoms with Gasteiger partial charge in [-0.2, -0.15) is 0 Å². The van der Waals surface area contributed by atoms with Crippen LogP contribution in [0.5, 0.6) is 0 Å². The molecule has 2 atom stereocenters. The van der Waals surface area contributed by atoms with Gasteiger partial charge < -0.3 is 0 Å². The van der Waals surface area contributed by atoms with Gasteiger partial charge >= 0.3 is 0 Å². The third kappa shape index (κ3) is 1.98. The summed E-state index contributed by atoms with van der Waals surface area (Å²) in [5.74, 6) is 2.70. The number of hydrogen-bond acceptors (Lipinski definition) is 2. The molecule has 0 fully saturated rings. The van der Waals surface area contributed by atoms with Crippen molar-refractivity contribution in [2.45, 2.75) is 6.92 Å².